The summed E-state index contributed by atoms with van der Waals surface area (Å²) >= 11 is 0. The molecular weight excluding hydrogens is 1120 g/mol. The van der Waals surface area contributed by atoms with Crippen molar-refractivity contribution in [3.8, 4) is 0 Å². The fourth-order valence-corrected chi connectivity index (χ4v) is 17.8. The van der Waals surface area contributed by atoms with E-state index in [0.29, 0.717) is 37.7 Å². The van der Waals surface area contributed by atoms with Crippen molar-refractivity contribution in [2.24, 2.45) is 52.8 Å². The Labute approximate surface area is 495 Å². The third-order valence-electron chi connectivity index (χ3n) is 14.4. The van der Waals surface area contributed by atoms with Crippen molar-refractivity contribution in [3.63, 3.8) is 0 Å². The Morgan fingerprint density at radius 2 is 0.911 bits per heavy atom. The number of esters is 2. The normalized spacial score (nSPS) is 23.8. The first-order valence-electron chi connectivity index (χ1n) is 25.6. The number of carbonyl (C=O) groups excluding carboxylic acids is 2. The number of hydrogen-bond donors (Lipinski definition) is 2. The molecule has 0 aromatic carbocycles. The number of rotatable bonds is 19. The van der Waals surface area contributed by atoms with Crippen LogP contribution in [0.4, 0.5) is 39.5 Å². The number of aliphatic hydroxyl groups is 2. The van der Waals surface area contributed by atoms with E-state index in [9.17, 15) is 59.3 Å². The Kier molecular flexibility index (Phi) is 44.3. The fraction of sp³-hybridized carbons (Fsp3) is 0.897. The SMILES string of the molecule is C.C.C.C.C.CC1CC2CC1CC2C(=O)OC(C)(C)C.CCO[Si](CCCC(C)(O)C(F)(F)F)(OCC)OCC.[CH2-]C.[CH2-]C(C)(C[Si](C)(C)CCCC(O)(C(F)(F)F)C(F)(F)F)C1CC2CC1CC2C(=O)OC(C)(C)C.[CH3-].[CH3-].[Ti+4]. The molecule has 4 aliphatic carbocycles. The zero-order valence-corrected chi connectivity index (χ0v) is 51.6. The number of fused-ring (bicyclic) bond motifs is 4. The van der Waals surface area contributed by atoms with Gasteiger partial charge in [-0.05, 0) is 157 Å². The Balaban J connectivity index is -0.000000161. The van der Waals surface area contributed by atoms with Gasteiger partial charge >= 0.3 is 61.0 Å². The van der Waals surface area contributed by atoms with Gasteiger partial charge in [0.15, 0.2) is 5.60 Å². The summed E-state index contributed by atoms with van der Waals surface area (Å²) in [5.41, 5.74) is -8.63. The molecule has 0 aromatic heterocycles. The number of hydrogen-bond acceptors (Lipinski definition) is 9. The molecule has 0 aliphatic heterocycles. The summed E-state index contributed by atoms with van der Waals surface area (Å²) in [5, 5.41) is 18.8. The van der Waals surface area contributed by atoms with E-state index in [1.165, 1.54) is 12.8 Å². The molecule has 0 spiro atoms. The van der Waals surface area contributed by atoms with Gasteiger partial charge in [-0.3, -0.25) is 9.59 Å². The van der Waals surface area contributed by atoms with Crippen molar-refractivity contribution < 1.29 is 104 Å². The molecule has 4 fully saturated rings. The van der Waals surface area contributed by atoms with Crippen molar-refractivity contribution in [2.75, 3.05) is 19.8 Å². The molecular formula is C58H117F9O9Si2Ti. The first kappa shape index (κ1) is 94.6. The Hall–Kier alpha value is -0.742. The molecule has 0 saturated heterocycles. The van der Waals surface area contributed by atoms with Gasteiger partial charge in [0.1, 0.15) is 11.2 Å². The average Bonchev–Trinajstić information content (AvgIpc) is 3.98. The summed E-state index contributed by atoms with van der Waals surface area (Å²) in [6.07, 6.45) is -12.2. The maximum Gasteiger partial charge on any atom is 4.00 e. The van der Waals surface area contributed by atoms with Crippen LogP contribution in [0.25, 0.3) is 0 Å². The van der Waals surface area contributed by atoms with E-state index >= 15 is 0 Å². The fourth-order valence-electron chi connectivity index (χ4n) is 11.4. The zero-order valence-electron chi connectivity index (χ0n) is 48.0. The van der Waals surface area contributed by atoms with E-state index in [-0.39, 0.29) is 145 Å². The van der Waals surface area contributed by atoms with Crippen LogP contribution >= 0.6 is 0 Å². The molecule has 0 radical (unpaired) electrons. The van der Waals surface area contributed by atoms with E-state index in [1.807, 2.05) is 61.6 Å². The van der Waals surface area contributed by atoms with Crippen LogP contribution < -0.4 is 0 Å². The predicted octanol–water partition coefficient (Wildman–Crippen LogP) is 18.2. The van der Waals surface area contributed by atoms with Gasteiger partial charge in [0.25, 0.3) is 5.60 Å². The molecule has 10 unspecified atom stereocenters. The van der Waals surface area contributed by atoms with Gasteiger partial charge in [0.05, 0.1) is 11.8 Å². The molecule has 21 heteroatoms. The third kappa shape index (κ3) is 28.3. The molecule has 2 N–H and O–H groups in total. The van der Waals surface area contributed by atoms with Crippen LogP contribution in [0.2, 0.25) is 31.2 Å². The van der Waals surface area contributed by atoms with Crippen molar-refractivity contribution in [1.82, 2.24) is 0 Å². The van der Waals surface area contributed by atoms with Gasteiger partial charge in [0, 0.05) is 33.9 Å². The molecule has 79 heavy (non-hydrogen) atoms. The molecule has 4 saturated carbocycles. The van der Waals surface area contributed by atoms with Gasteiger partial charge in [-0.2, -0.15) is 51.9 Å². The van der Waals surface area contributed by atoms with Crippen molar-refractivity contribution in [2.45, 2.75) is 264 Å². The second-order valence-corrected chi connectivity index (χ2v) is 31.5. The summed E-state index contributed by atoms with van der Waals surface area (Å²) in [7, 11) is -5.16. The second-order valence-electron chi connectivity index (χ2n) is 23.6. The molecule has 4 bridgehead atoms. The Morgan fingerprint density at radius 3 is 1.20 bits per heavy atom. The minimum atomic E-state index is -5.77. The molecule has 478 valence electrons. The maximum absolute atomic E-state index is 13.0. The van der Waals surface area contributed by atoms with Crippen LogP contribution in [0.15, 0.2) is 0 Å². The van der Waals surface area contributed by atoms with E-state index in [0.717, 1.165) is 44.4 Å². The molecule has 0 heterocycles. The largest absolute Gasteiger partial charge is 4.00 e. The van der Waals surface area contributed by atoms with Gasteiger partial charge in [0.2, 0.25) is 0 Å². The van der Waals surface area contributed by atoms with Crippen LogP contribution in [0.3, 0.4) is 0 Å². The number of ether oxygens (including phenoxy) is 2. The first-order chi connectivity index (χ1) is 32.0. The van der Waals surface area contributed by atoms with E-state index in [1.54, 1.807) is 27.7 Å². The average molecular weight is 1230 g/mol. The van der Waals surface area contributed by atoms with Crippen molar-refractivity contribution in [1.29, 1.82) is 0 Å². The number of alkyl halides is 9. The number of halogens is 9. The molecule has 9 nitrogen and oxygen atoms in total. The van der Waals surface area contributed by atoms with Crippen LogP contribution in [-0.4, -0.2) is 99.8 Å². The zero-order chi connectivity index (χ0) is 55.6. The van der Waals surface area contributed by atoms with Gasteiger partial charge in [-0.1, -0.05) is 88.5 Å². The Bertz CT molecular complexity index is 1600. The molecule has 4 rings (SSSR count). The molecule has 4 aliphatic rings. The first-order valence-corrected chi connectivity index (χ1v) is 30.9. The molecule has 10 atom stereocenters. The molecule has 0 aromatic rings. The number of carbonyl (C=O) groups is 2. The van der Waals surface area contributed by atoms with E-state index in [2.05, 4.69) is 20.8 Å². The summed E-state index contributed by atoms with van der Waals surface area (Å²) in [5.74, 6) is 2.97. The van der Waals surface area contributed by atoms with Crippen LogP contribution in [0, 0.1) is 81.5 Å². The second kappa shape index (κ2) is 37.0. The standard InChI is InChI=1S/C24H39F6O3Si.C13H22O2.C12H25F3O4Si.C2H5.5CH4.2CH3.Ti/c1-20(2,3)33-19(31)17-12-16-11-15(17)13-18(16)21(4,5)14-34(6,7)10-8-9-22(32,23(25,26)27)24(28,29)30;1-8-5-10-6-9(8)7-11(10)12(14)15-13(2,3)4;1-5-17-20(18-6-2,19-7-3)10-8-9-11(4,16)12(13,14)15;1-2;;;;;;;;/h15-18,32H,4,8-14H2,1-3,5-7H3;8-11H,5-7H2,1-4H3;16H,5-10H2,1-4H3;1H2,2H3;5*1H4;2*1H3;/q-1;;;-1;;;;;;2*-1;+4. The van der Waals surface area contributed by atoms with Crippen molar-refractivity contribution in [3.05, 3.63) is 28.7 Å². The van der Waals surface area contributed by atoms with Crippen LogP contribution in [-0.2, 0) is 54.1 Å². The Morgan fingerprint density at radius 1 is 0.557 bits per heavy atom. The monoisotopic (exact) mass is 1230 g/mol. The minimum Gasteiger partial charge on any atom is -0.460 e. The third-order valence-corrected chi connectivity index (χ3v) is 21.1. The van der Waals surface area contributed by atoms with Crippen LogP contribution in [0.5, 0.6) is 0 Å². The van der Waals surface area contributed by atoms with E-state index in [4.69, 9.17) is 22.8 Å². The quantitative estimate of drug-likeness (QED) is 0.0564. The smallest absolute Gasteiger partial charge is 0.460 e. The van der Waals surface area contributed by atoms with Crippen molar-refractivity contribution >= 4 is 28.8 Å². The van der Waals surface area contributed by atoms with Crippen LogP contribution in [0.1, 0.15) is 191 Å². The van der Waals surface area contributed by atoms with E-state index < -0.39 is 65.1 Å². The summed E-state index contributed by atoms with van der Waals surface area (Å²) in [6.45, 7) is 36.3. The van der Waals surface area contributed by atoms with Gasteiger partial charge < -0.3 is 61.7 Å². The summed E-state index contributed by atoms with van der Waals surface area (Å²) < 4.78 is 143. The van der Waals surface area contributed by atoms with Gasteiger partial charge in [-0.15, -0.1) is 0 Å². The predicted molar refractivity (Wildman–Crippen MR) is 309 cm³/mol. The van der Waals surface area contributed by atoms with Gasteiger partial charge in [-0.25, -0.2) is 0 Å². The minimum absolute atomic E-state index is 0. The molecule has 0 amide bonds. The topological polar surface area (TPSA) is 121 Å². The maximum atomic E-state index is 13.0. The summed E-state index contributed by atoms with van der Waals surface area (Å²) in [4.78, 5) is 24.5. The summed E-state index contributed by atoms with van der Waals surface area (Å²) in [6, 6.07) is 1.14.